The van der Waals surface area contributed by atoms with E-state index in [1.807, 2.05) is 51.1 Å². The fourth-order valence-corrected chi connectivity index (χ4v) is 2.55. The van der Waals surface area contributed by atoms with E-state index >= 15 is 0 Å². The van der Waals surface area contributed by atoms with E-state index in [0.29, 0.717) is 13.0 Å². The molecule has 0 saturated carbocycles. The predicted molar refractivity (Wildman–Crippen MR) is 82.1 cm³/mol. The van der Waals surface area contributed by atoms with Crippen LogP contribution in [0.5, 0.6) is 0 Å². The van der Waals surface area contributed by atoms with Crippen molar-refractivity contribution >= 4 is 12.1 Å². The van der Waals surface area contributed by atoms with Crippen LogP contribution < -0.4 is 0 Å². The summed E-state index contributed by atoms with van der Waals surface area (Å²) in [7, 11) is 1.32. The number of carbonyl (C=O) groups is 2. The molecule has 1 aliphatic heterocycles. The topological polar surface area (TPSA) is 55.8 Å². The van der Waals surface area contributed by atoms with Crippen molar-refractivity contribution < 1.29 is 19.1 Å². The van der Waals surface area contributed by atoms with E-state index < -0.39 is 12.1 Å². The molecular formula is C17H23NO4. The fraction of sp³-hybridized carbons (Fsp3) is 0.529. The van der Waals surface area contributed by atoms with Gasteiger partial charge in [-0.2, -0.15) is 0 Å². The Hall–Kier alpha value is -2.04. The van der Waals surface area contributed by atoms with Crippen molar-refractivity contribution in [3.8, 4) is 0 Å². The van der Waals surface area contributed by atoms with E-state index in [-0.39, 0.29) is 17.5 Å². The second-order valence-electron chi connectivity index (χ2n) is 6.63. The van der Waals surface area contributed by atoms with Crippen molar-refractivity contribution in [3.05, 3.63) is 35.9 Å². The lowest BCUT2D eigenvalue weighted by Gasteiger charge is -2.27. The van der Waals surface area contributed by atoms with Gasteiger partial charge in [0.05, 0.1) is 7.11 Å². The molecular weight excluding hydrogens is 282 g/mol. The van der Waals surface area contributed by atoms with Gasteiger partial charge in [0.15, 0.2) is 0 Å². The van der Waals surface area contributed by atoms with Gasteiger partial charge in [-0.1, -0.05) is 51.1 Å². The minimum Gasteiger partial charge on any atom is -0.460 e. The van der Waals surface area contributed by atoms with Crippen molar-refractivity contribution in [3.63, 3.8) is 0 Å². The largest absolute Gasteiger partial charge is 0.460 e. The Morgan fingerprint density at radius 2 is 1.95 bits per heavy atom. The Morgan fingerprint density at radius 3 is 2.45 bits per heavy atom. The number of esters is 1. The first kappa shape index (κ1) is 16.3. The molecule has 1 saturated heterocycles. The van der Waals surface area contributed by atoms with Gasteiger partial charge in [0.2, 0.25) is 0 Å². The summed E-state index contributed by atoms with van der Waals surface area (Å²) in [4.78, 5) is 25.8. The Bertz CT molecular complexity index is 535. The number of rotatable bonds is 3. The highest BCUT2D eigenvalue weighted by molar-refractivity contribution is 5.83. The van der Waals surface area contributed by atoms with E-state index in [0.717, 1.165) is 5.56 Å². The predicted octanol–water partition coefficient (Wildman–Crippen LogP) is 2.99. The van der Waals surface area contributed by atoms with Crippen molar-refractivity contribution in [2.45, 2.75) is 45.9 Å². The van der Waals surface area contributed by atoms with Gasteiger partial charge in [0, 0.05) is 13.0 Å². The third-order valence-electron chi connectivity index (χ3n) is 3.91. The maximum atomic E-state index is 12.2. The second kappa shape index (κ2) is 6.38. The minimum atomic E-state index is -0.600. The van der Waals surface area contributed by atoms with Crippen LogP contribution in [0.3, 0.4) is 0 Å². The molecule has 0 bridgehead atoms. The van der Waals surface area contributed by atoms with Crippen LogP contribution in [-0.4, -0.2) is 36.2 Å². The number of cyclic esters (lactones) is 1. The summed E-state index contributed by atoms with van der Waals surface area (Å²) >= 11 is 0. The van der Waals surface area contributed by atoms with E-state index in [2.05, 4.69) is 0 Å². The molecule has 2 atom stereocenters. The average molecular weight is 305 g/mol. The van der Waals surface area contributed by atoms with Crippen LogP contribution in [0.15, 0.2) is 30.3 Å². The molecule has 1 aromatic carbocycles. The molecule has 1 amide bonds. The molecule has 1 aliphatic rings. The van der Waals surface area contributed by atoms with Gasteiger partial charge in [-0.3, -0.25) is 4.90 Å². The molecule has 0 aliphatic carbocycles. The van der Waals surface area contributed by atoms with Crippen molar-refractivity contribution in [2.75, 3.05) is 7.11 Å². The Morgan fingerprint density at radius 1 is 1.32 bits per heavy atom. The molecule has 0 radical (unpaired) electrons. The normalized spacial score (nSPS) is 21.4. The van der Waals surface area contributed by atoms with Crippen LogP contribution in [0.1, 0.15) is 32.8 Å². The summed E-state index contributed by atoms with van der Waals surface area (Å²) in [5.41, 5.74) is 0.791. The first-order valence-electron chi connectivity index (χ1n) is 7.42. The Kier molecular flexibility index (Phi) is 4.74. The molecule has 5 heteroatoms. The molecule has 1 fully saturated rings. The van der Waals surface area contributed by atoms with E-state index in [1.54, 1.807) is 0 Å². The van der Waals surface area contributed by atoms with Crippen LogP contribution in [0, 0.1) is 5.41 Å². The highest BCUT2D eigenvalue weighted by atomic mass is 16.6. The Labute approximate surface area is 131 Å². The number of hydrogen-bond donors (Lipinski definition) is 0. The molecule has 1 aromatic rings. The van der Waals surface area contributed by atoms with Crippen molar-refractivity contribution in [2.24, 2.45) is 5.41 Å². The molecule has 5 nitrogen and oxygen atoms in total. The third-order valence-corrected chi connectivity index (χ3v) is 3.91. The van der Waals surface area contributed by atoms with E-state index in [1.165, 1.54) is 12.0 Å². The lowest BCUT2D eigenvalue weighted by atomic mass is 9.86. The first-order chi connectivity index (χ1) is 10.3. The highest BCUT2D eigenvalue weighted by Crippen LogP contribution is 2.33. The summed E-state index contributed by atoms with van der Waals surface area (Å²) in [6.45, 7) is 6.39. The number of nitrogens with zero attached hydrogens (tertiary/aromatic N) is 1. The number of carbonyl (C=O) groups excluding carboxylic acids is 2. The molecule has 2 rings (SSSR count). The van der Waals surface area contributed by atoms with Crippen molar-refractivity contribution in [1.29, 1.82) is 0 Å². The van der Waals surface area contributed by atoms with Gasteiger partial charge in [0.25, 0.3) is 0 Å². The molecule has 0 unspecified atom stereocenters. The third kappa shape index (κ3) is 3.59. The smallest absolute Gasteiger partial charge is 0.410 e. The van der Waals surface area contributed by atoms with Crippen LogP contribution in [0.2, 0.25) is 0 Å². The molecule has 0 aromatic heterocycles. The van der Waals surface area contributed by atoms with Gasteiger partial charge in [-0.05, 0) is 11.0 Å². The number of amides is 1. The fourth-order valence-electron chi connectivity index (χ4n) is 2.55. The van der Waals surface area contributed by atoms with E-state index in [9.17, 15) is 9.59 Å². The molecule has 0 spiro atoms. The molecule has 1 heterocycles. The first-order valence-corrected chi connectivity index (χ1v) is 7.42. The summed E-state index contributed by atoms with van der Waals surface area (Å²) in [5.74, 6) is -0.360. The van der Waals surface area contributed by atoms with Crippen LogP contribution in [0.25, 0.3) is 0 Å². The molecule has 22 heavy (non-hydrogen) atoms. The van der Waals surface area contributed by atoms with Gasteiger partial charge < -0.3 is 9.47 Å². The average Bonchev–Trinajstić information content (AvgIpc) is 2.87. The lowest BCUT2D eigenvalue weighted by molar-refractivity contribution is -0.148. The van der Waals surface area contributed by atoms with Crippen molar-refractivity contribution in [1.82, 2.24) is 4.90 Å². The van der Waals surface area contributed by atoms with Crippen LogP contribution in [-0.2, 0) is 20.8 Å². The number of hydrogen-bond acceptors (Lipinski definition) is 4. The van der Waals surface area contributed by atoms with E-state index in [4.69, 9.17) is 9.47 Å². The van der Waals surface area contributed by atoms with Crippen LogP contribution in [0.4, 0.5) is 4.79 Å². The van der Waals surface area contributed by atoms with Crippen LogP contribution >= 0.6 is 0 Å². The van der Waals surface area contributed by atoms with Gasteiger partial charge in [-0.15, -0.1) is 0 Å². The monoisotopic (exact) mass is 305 g/mol. The quantitative estimate of drug-likeness (QED) is 0.806. The SMILES string of the molecule is COC(=O)N(Cc1ccccc1)[C@H]1C[C@H](C(C)(C)C)OC1=O. The lowest BCUT2D eigenvalue weighted by Crippen LogP contribution is -2.42. The Balaban J connectivity index is 2.19. The van der Waals surface area contributed by atoms with Gasteiger partial charge in [-0.25, -0.2) is 9.59 Å². The highest BCUT2D eigenvalue weighted by Gasteiger charge is 2.45. The second-order valence-corrected chi connectivity index (χ2v) is 6.63. The maximum absolute atomic E-state index is 12.2. The summed E-state index contributed by atoms with van der Waals surface area (Å²) in [6, 6.07) is 8.93. The number of methoxy groups -OCH3 is 1. The zero-order chi connectivity index (χ0) is 16.3. The maximum Gasteiger partial charge on any atom is 0.410 e. The number of ether oxygens (including phenoxy) is 2. The summed E-state index contributed by atoms with van der Waals surface area (Å²) in [6.07, 6.45) is -0.224. The number of benzene rings is 1. The molecule has 0 N–H and O–H groups in total. The van der Waals surface area contributed by atoms with Gasteiger partial charge in [0.1, 0.15) is 12.1 Å². The zero-order valence-electron chi connectivity index (χ0n) is 13.5. The standard InChI is InChI=1S/C17H23NO4/c1-17(2,3)14-10-13(15(19)22-14)18(16(20)21-4)11-12-8-6-5-7-9-12/h5-9,13-14H,10-11H2,1-4H3/t13-,14+/m0/s1. The molecule has 120 valence electrons. The minimum absolute atomic E-state index is 0.154. The van der Waals surface area contributed by atoms with Gasteiger partial charge >= 0.3 is 12.1 Å². The summed E-state index contributed by atoms with van der Waals surface area (Å²) < 4.78 is 10.3. The summed E-state index contributed by atoms with van der Waals surface area (Å²) in [5, 5.41) is 0. The zero-order valence-corrected chi connectivity index (χ0v) is 13.5.